The van der Waals surface area contributed by atoms with E-state index in [-0.39, 0.29) is 18.3 Å². The molecule has 1 rings (SSSR count). The monoisotopic (exact) mass is 300 g/mol. The van der Waals surface area contributed by atoms with Crippen LogP contribution in [0.5, 0.6) is 0 Å². The van der Waals surface area contributed by atoms with Crippen molar-refractivity contribution in [1.29, 1.82) is 0 Å². The molecule has 0 fully saturated rings. The zero-order valence-electron chi connectivity index (χ0n) is 12.7. The van der Waals surface area contributed by atoms with Crippen molar-refractivity contribution in [2.75, 3.05) is 13.1 Å². The van der Waals surface area contributed by atoms with Crippen molar-refractivity contribution in [2.24, 2.45) is 0 Å². The Labute approximate surface area is 123 Å². The van der Waals surface area contributed by atoms with E-state index in [1.807, 2.05) is 0 Å². The van der Waals surface area contributed by atoms with E-state index in [0.717, 1.165) is 6.42 Å². The zero-order valence-corrected chi connectivity index (χ0v) is 12.7. The number of aliphatic hydroxyl groups excluding tert-OH is 2. The van der Waals surface area contributed by atoms with E-state index in [0.29, 0.717) is 30.9 Å². The van der Waals surface area contributed by atoms with Crippen LogP contribution in [0, 0.1) is 24.0 Å². The Balaban J connectivity index is 2.43. The van der Waals surface area contributed by atoms with Crippen LogP contribution in [0.25, 0.3) is 0 Å². The van der Waals surface area contributed by atoms with Gasteiger partial charge in [-0.05, 0) is 40.2 Å². The Morgan fingerprint density at radius 3 is 2.62 bits per heavy atom. The molecule has 0 aliphatic heterocycles. The van der Waals surface area contributed by atoms with Crippen LogP contribution >= 0.6 is 0 Å². The van der Waals surface area contributed by atoms with E-state index in [4.69, 9.17) is 5.11 Å². The minimum atomic E-state index is -0.672. The smallest absolute Gasteiger partial charge is 0.312 e. The molecular formula is C13H24N4O4. The largest absolute Gasteiger partial charge is 0.393 e. The van der Waals surface area contributed by atoms with Crippen molar-refractivity contribution in [3.8, 4) is 0 Å². The lowest BCUT2D eigenvalue weighted by molar-refractivity contribution is -0.386. The van der Waals surface area contributed by atoms with Crippen molar-refractivity contribution in [1.82, 2.24) is 15.1 Å². The molecule has 0 saturated carbocycles. The highest BCUT2D eigenvalue weighted by molar-refractivity contribution is 5.39. The van der Waals surface area contributed by atoms with Crippen molar-refractivity contribution in [3.63, 3.8) is 0 Å². The number of aromatic nitrogens is 2. The molecule has 8 nitrogen and oxygen atoms in total. The average molecular weight is 300 g/mol. The summed E-state index contributed by atoms with van der Waals surface area (Å²) in [6.07, 6.45) is 0.559. The molecule has 0 radical (unpaired) electrons. The van der Waals surface area contributed by atoms with E-state index in [1.54, 1.807) is 20.8 Å². The highest BCUT2D eigenvalue weighted by Gasteiger charge is 2.22. The summed E-state index contributed by atoms with van der Waals surface area (Å²) in [6.45, 7) is 6.25. The van der Waals surface area contributed by atoms with Gasteiger partial charge in [0.1, 0.15) is 11.4 Å². The minimum absolute atomic E-state index is 0.00657. The average Bonchev–Trinajstić information content (AvgIpc) is 2.63. The van der Waals surface area contributed by atoms with Crippen molar-refractivity contribution >= 4 is 5.69 Å². The maximum absolute atomic E-state index is 10.9. The van der Waals surface area contributed by atoms with Crippen LogP contribution in [0.1, 0.15) is 31.2 Å². The zero-order chi connectivity index (χ0) is 16.0. The predicted octanol–water partition coefficient (Wildman–Crippen LogP) is 0.520. The lowest BCUT2D eigenvalue weighted by Crippen LogP contribution is -2.31. The van der Waals surface area contributed by atoms with Gasteiger partial charge in [0.05, 0.1) is 23.7 Å². The molecule has 21 heavy (non-hydrogen) atoms. The molecule has 0 aromatic carbocycles. The third-order valence-electron chi connectivity index (χ3n) is 3.26. The summed E-state index contributed by atoms with van der Waals surface area (Å²) >= 11 is 0. The Bertz CT molecular complexity index is 473. The predicted molar refractivity (Wildman–Crippen MR) is 78.1 cm³/mol. The second-order valence-electron chi connectivity index (χ2n) is 5.31. The van der Waals surface area contributed by atoms with Crippen LogP contribution in [-0.2, 0) is 6.54 Å². The van der Waals surface area contributed by atoms with E-state index < -0.39 is 11.0 Å². The molecule has 1 aromatic heterocycles. The third kappa shape index (κ3) is 5.41. The number of aryl methyl sites for hydroxylation is 1. The second-order valence-corrected chi connectivity index (χ2v) is 5.31. The van der Waals surface area contributed by atoms with Gasteiger partial charge in [0, 0.05) is 6.54 Å². The normalized spacial score (nSPS) is 14.1. The number of aliphatic hydroxyl groups is 2. The van der Waals surface area contributed by atoms with Crippen LogP contribution < -0.4 is 5.32 Å². The molecule has 8 heteroatoms. The highest BCUT2D eigenvalue weighted by atomic mass is 16.6. The van der Waals surface area contributed by atoms with Gasteiger partial charge >= 0.3 is 5.69 Å². The number of nitro groups is 1. The summed E-state index contributed by atoms with van der Waals surface area (Å²) in [6, 6.07) is 0. The molecule has 0 aliphatic rings. The fourth-order valence-corrected chi connectivity index (χ4v) is 2.18. The summed E-state index contributed by atoms with van der Waals surface area (Å²) in [5.41, 5.74) is 0.812. The first kappa shape index (κ1) is 17.5. The van der Waals surface area contributed by atoms with Crippen LogP contribution in [0.15, 0.2) is 0 Å². The van der Waals surface area contributed by atoms with Gasteiger partial charge in [0.2, 0.25) is 0 Å². The van der Waals surface area contributed by atoms with Crippen molar-refractivity contribution in [2.45, 2.75) is 52.4 Å². The molecule has 0 saturated heterocycles. The molecule has 0 amide bonds. The van der Waals surface area contributed by atoms with Crippen LogP contribution in [-0.4, -0.2) is 50.2 Å². The van der Waals surface area contributed by atoms with Crippen molar-refractivity contribution in [3.05, 3.63) is 21.5 Å². The number of hydrogen-bond acceptors (Lipinski definition) is 6. The first-order valence-corrected chi connectivity index (χ1v) is 7.08. The Morgan fingerprint density at radius 2 is 2.10 bits per heavy atom. The van der Waals surface area contributed by atoms with Crippen molar-refractivity contribution < 1.29 is 15.1 Å². The third-order valence-corrected chi connectivity index (χ3v) is 3.26. The van der Waals surface area contributed by atoms with Gasteiger partial charge in [-0.15, -0.1) is 0 Å². The molecular weight excluding hydrogens is 276 g/mol. The lowest BCUT2D eigenvalue weighted by Gasteiger charge is -2.13. The van der Waals surface area contributed by atoms with E-state index in [9.17, 15) is 15.2 Å². The molecule has 0 bridgehead atoms. The molecule has 0 aliphatic carbocycles. The van der Waals surface area contributed by atoms with Crippen LogP contribution in [0.4, 0.5) is 5.69 Å². The van der Waals surface area contributed by atoms with E-state index in [1.165, 1.54) is 4.68 Å². The topological polar surface area (TPSA) is 113 Å². The van der Waals surface area contributed by atoms with Crippen LogP contribution in [0.2, 0.25) is 0 Å². The Kier molecular flexibility index (Phi) is 6.73. The second kappa shape index (κ2) is 8.06. The Morgan fingerprint density at radius 1 is 1.43 bits per heavy atom. The first-order valence-electron chi connectivity index (χ1n) is 7.08. The first-order chi connectivity index (χ1) is 9.82. The fourth-order valence-electron chi connectivity index (χ4n) is 2.18. The number of nitrogens with one attached hydrogen (secondary N) is 1. The Hall–Kier alpha value is -1.51. The quantitative estimate of drug-likeness (QED) is 0.348. The van der Waals surface area contributed by atoms with Gasteiger partial charge in [-0.1, -0.05) is 0 Å². The molecule has 0 spiro atoms. The van der Waals surface area contributed by atoms with Gasteiger partial charge in [0.15, 0.2) is 0 Å². The summed E-state index contributed by atoms with van der Waals surface area (Å²) < 4.78 is 1.47. The molecule has 2 unspecified atom stereocenters. The summed E-state index contributed by atoms with van der Waals surface area (Å²) in [4.78, 5) is 10.4. The SMILES string of the molecule is Cc1nn(CC(O)CNCCCC(C)O)c(C)c1[N+](=O)[O-]. The molecule has 1 heterocycles. The molecule has 120 valence electrons. The van der Waals surface area contributed by atoms with Gasteiger partial charge in [-0.2, -0.15) is 5.10 Å². The van der Waals surface area contributed by atoms with Gasteiger partial charge in [0.25, 0.3) is 0 Å². The maximum Gasteiger partial charge on any atom is 0.312 e. The van der Waals surface area contributed by atoms with Crippen LogP contribution in [0.3, 0.4) is 0 Å². The summed E-state index contributed by atoms with van der Waals surface area (Å²) in [7, 11) is 0. The highest BCUT2D eigenvalue weighted by Crippen LogP contribution is 2.21. The molecule has 1 aromatic rings. The standard InChI is InChI=1S/C13H24N4O4/c1-9(18)5-4-6-14-7-12(19)8-16-11(3)13(17(20)21)10(2)15-16/h9,12,14,18-19H,4-8H2,1-3H3. The number of hydrogen-bond donors (Lipinski definition) is 3. The van der Waals surface area contributed by atoms with Gasteiger partial charge < -0.3 is 15.5 Å². The minimum Gasteiger partial charge on any atom is -0.393 e. The molecule has 3 N–H and O–H groups in total. The number of nitrogens with zero attached hydrogens (tertiary/aromatic N) is 3. The van der Waals surface area contributed by atoms with Gasteiger partial charge in [-0.3, -0.25) is 14.8 Å². The maximum atomic E-state index is 10.9. The van der Waals surface area contributed by atoms with E-state index in [2.05, 4.69) is 10.4 Å². The van der Waals surface area contributed by atoms with Gasteiger partial charge in [-0.25, -0.2) is 0 Å². The fraction of sp³-hybridized carbons (Fsp3) is 0.769. The number of rotatable bonds is 9. The summed E-state index contributed by atoms with van der Waals surface area (Å²) in [5.74, 6) is 0. The molecule has 2 atom stereocenters. The van der Waals surface area contributed by atoms with E-state index >= 15 is 0 Å². The lowest BCUT2D eigenvalue weighted by atomic mass is 10.2. The summed E-state index contributed by atoms with van der Waals surface area (Å²) in [5, 5.41) is 37.1.